The molecule has 2 N–H and O–H groups in total. The average molecular weight is 361 g/mol. The van der Waals surface area contributed by atoms with Crippen LogP contribution in [0.15, 0.2) is 29.0 Å². The molecular weight excluding hydrogens is 338 g/mol. The number of aliphatic hydroxyl groups is 1. The minimum absolute atomic E-state index is 0.0864. The van der Waals surface area contributed by atoms with Crippen molar-refractivity contribution in [3.63, 3.8) is 0 Å². The molecule has 3 rings (SSSR count). The van der Waals surface area contributed by atoms with Crippen molar-refractivity contribution in [1.29, 1.82) is 0 Å². The van der Waals surface area contributed by atoms with Gasteiger partial charge in [0.15, 0.2) is 5.76 Å². The molecule has 3 atom stereocenters. The van der Waals surface area contributed by atoms with E-state index in [1.807, 2.05) is 13.8 Å². The number of nitrogens with zero attached hydrogens (tertiary/aromatic N) is 4. The Balaban J connectivity index is 1.88. The predicted molar refractivity (Wildman–Crippen MR) is 91.8 cm³/mol. The zero-order chi connectivity index (χ0) is 18.8. The standard InChI is InChI=1S/C17H23N5O4/c1-10(2)15(22-9-12(19-20-22)14-5-4-6-26-14)17(25)21-8-11(23)7-13(21)16(24)18-3/h4-6,9-11,13,15,23H,7-8H2,1-3H3,(H,18,24)/t11?,13-,15?/m1/s1. The monoisotopic (exact) mass is 361 g/mol. The van der Waals surface area contributed by atoms with Crippen LogP contribution in [0.4, 0.5) is 0 Å². The van der Waals surface area contributed by atoms with Crippen LogP contribution >= 0.6 is 0 Å². The number of hydrogen-bond acceptors (Lipinski definition) is 6. The number of likely N-dealkylation sites (N-methyl/N-ethyl adjacent to an activating group) is 1. The summed E-state index contributed by atoms with van der Waals surface area (Å²) >= 11 is 0. The van der Waals surface area contributed by atoms with Gasteiger partial charge in [-0.05, 0) is 18.1 Å². The number of amides is 2. The van der Waals surface area contributed by atoms with Crippen molar-refractivity contribution < 1.29 is 19.1 Å². The summed E-state index contributed by atoms with van der Waals surface area (Å²) in [4.78, 5) is 26.7. The first kappa shape index (κ1) is 18.1. The minimum Gasteiger partial charge on any atom is -0.463 e. The summed E-state index contributed by atoms with van der Waals surface area (Å²) < 4.78 is 6.81. The summed E-state index contributed by atoms with van der Waals surface area (Å²) in [6.45, 7) is 3.93. The second-order valence-corrected chi connectivity index (χ2v) is 6.76. The highest BCUT2D eigenvalue weighted by Crippen LogP contribution is 2.27. The highest BCUT2D eigenvalue weighted by molar-refractivity contribution is 5.89. The van der Waals surface area contributed by atoms with Crippen molar-refractivity contribution in [2.24, 2.45) is 5.92 Å². The second kappa shape index (κ2) is 7.28. The number of carbonyl (C=O) groups is 2. The highest BCUT2D eigenvalue weighted by atomic mass is 16.3. The van der Waals surface area contributed by atoms with Gasteiger partial charge < -0.3 is 19.7 Å². The summed E-state index contributed by atoms with van der Waals surface area (Å²) in [5.74, 6) is -0.0731. The first-order valence-corrected chi connectivity index (χ1v) is 8.58. The third-order valence-electron chi connectivity index (χ3n) is 4.56. The van der Waals surface area contributed by atoms with Gasteiger partial charge in [-0.15, -0.1) is 5.10 Å². The summed E-state index contributed by atoms with van der Waals surface area (Å²) in [6, 6.07) is 2.19. The van der Waals surface area contributed by atoms with Crippen LogP contribution < -0.4 is 5.32 Å². The Kier molecular flexibility index (Phi) is 5.08. The number of nitrogens with one attached hydrogen (secondary N) is 1. The minimum atomic E-state index is -0.719. The Morgan fingerprint density at radius 1 is 1.42 bits per heavy atom. The Morgan fingerprint density at radius 2 is 2.19 bits per heavy atom. The number of aliphatic hydroxyl groups excluding tert-OH is 1. The van der Waals surface area contributed by atoms with Crippen molar-refractivity contribution in [3.05, 3.63) is 24.6 Å². The van der Waals surface area contributed by atoms with Crippen LogP contribution in [0.25, 0.3) is 11.5 Å². The molecule has 1 fully saturated rings. The molecule has 3 heterocycles. The molecule has 9 heteroatoms. The van der Waals surface area contributed by atoms with Gasteiger partial charge in [-0.3, -0.25) is 9.59 Å². The van der Waals surface area contributed by atoms with Gasteiger partial charge in [-0.25, -0.2) is 4.68 Å². The first-order chi connectivity index (χ1) is 12.4. The molecule has 0 aromatic carbocycles. The molecule has 9 nitrogen and oxygen atoms in total. The Hall–Kier alpha value is -2.68. The van der Waals surface area contributed by atoms with E-state index in [1.165, 1.54) is 16.6 Å². The van der Waals surface area contributed by atoms with Crippen LogP contribution in [0.2, 0.25) is 0 Å². The smallest absolute Gasteiger partial charge is 0.248 e. The molecule has 1 aliphatic heterocycles. The molecular formula is C17H23N5O4. The number of furan rings is 1. The van der Waals surface area contributed by atoms with Gasteiger partial charge in [0.25, 0.3) is 0 Å². The number of carbonyl (C=O) groups excluding carboxylic acids is 2. The highest BCUT2D eigenvalue weighted by Gasteiger charge is 2.42. The van der Waals surface area contributed by atoms with E-state index in [2.05, 4.69) is 15.6 Å². The van der Waals surface area contributed by atoms with Crippen molar-refractivity contribution in [3.8, 4) is 11.5 Å². The largest absolute Gasteiger partial charge is 0.463 e. The van der Waals surface area contributed by atoms with Crippen LogP contribution in [-0.2, 0) is 9.59 Å². The van der Waals surface area contributed by atoms with E-state index < -0.39 is 18.2 Å². The predicted octanol–water partition coefficient (Wildman–Crippen LogP) is 0.443. The molecule has 0 bridgehead atoms. The maximum absolute atomic E-state index is 13.2. The van der Waals surface area contributed by atoms with E-state index in [1.54, 1.807) is 24.6 Å². The van der Waals surface area contributed by atoms with Crippen molar-refractivity contribution >= 4 is 11.8 Å². The molecule has 1 saturated heterocycles. The van der Waals surface area contributed by atoms with E-state index in [0.29, 0.717) is 11.5 Å². The fraction of sp³-hybridized carbons (Fsp3) is 0.529. The van der Waals surface area contributed by atoms with Gasteiger partial charge in [-0.2, -0.15) is 0 Å². The Morgan fingerprint density at radius 3 is 2.81 bits per heavy atom. The molecule has 2 unspecified atom stereocenters. The Labute approximate surface area is 151 Å². The lowest BCUT2D eigenvalue weighted by Gasteiger charge is -2.29. The first-order valence-electron chi connectivity index (χ1n) is 8.58. The zero-order valence-corrected chi connectivity index (χ0v) is 15.0. The van der Waals surface area contributed by atoms with Gasteiger partial charge >= 0.3 is 0 Å². The van der Waals surface area contributed by atoms with Crippen LogP contribution in [0.3, 0.4) is 0 Å². The van der Waals surface area contributed by atoms with E-state index in [9.17, 15) is 14.7 Å². The van der Waals surface area contributed by atoms with Crippen LogP contribution in [-0.4, -0.2) is 62.6 Å². The van der Waals surface area contributed by atoms with Crippen LogP contribution in [0, 0.1) is 5.92 Å². The summed E-state index contributed by atoms with van der Waals surface area (Å²) in [7, 11) is 1.52. The number of aromatic nitrogens is 3. The number of hydrogen-bond donors (Lipinski definition) is 2. The molecule has 26 heavy (non-hydrogen) atoms. The molecule has 0 saturated carbocycles. The van der Waals surface area contributed by atoms with Gasteiger partial charge in [0.2, 0.25) is 11.8 Å². The van der Waals surface area contributed by atoms with Crippen molar-refractivity contribution in [2.45, 2.75) is 38.5 Å². The van der Waals surface area contributed by atoms with E-state index in [0.717, 1.165) is 0 Å². The van der Waals surface area contributed by atoms with E-state index >= 15 is 0 Å². The summed E-state index contributed by atoms with van der Waals surface area (Å²) in [5, 5.41) is 20.7. The average Bonchev–Trinajstić information content (AvgIpc) is 3.33. The molecule has 140 valence electrons. The molecule has 0 aliphatic carbocycles. The lowest BCUT2D eigenvalue weighted by atomic mass is 10.0. The third-order valence-corrected chi connectivity index (χ3v) is 4.56. The molecule has 2 aromatic heterocycles. The maximum atomic E-state index is 13.2. The molecule has 2 amide bonds. The van der Waals surface area contributed by atoms with Gasteiger partial charge in [0.1, 0.15) is 17.8 Å². The summed E-state index contributed by atoms with van der Waals surface area (Å²) in [5.41, 5.74) is 0.526. The van der Waals surface area contributed by atoms with Crippen molar-refractivity contribution in [2.75, 3.05) is 13.6 Å². The third kappa shape index (κ3) is 3.34. The maximum Gasteiger partial charge on any atom is 0.248 e. The van der Waals surface area contributed by atoms with Gasteiger partial charge in [-0.1, -0.05) is 19.1 Å². The fourth-order valence-corrected chi connectivity index (χ4v) is 3.30. The molecule has 0 radical (unpaired) electrons. The lowest BCUT2D eigenvalue weighted by molar-refractivity contribution is -0.142. The lowest BCUT2D eigenvalue weighted by Crippen LogP contribution is -2.48. The number of likely N-dealkylation sites (tertiary alicyclic amines) is 1. The second-order valence-electron chi connectivity index (χ2n) is 6.76. The van der Waals surface area contributed by atoms with E-state index in [4.69, 9.17) is 4.42 Å². The Bertz CT molecular complexity index is 770. The molecule has 1 aliphatic rings. The molecule has 2 aromatic rings. The SMILES string of the molecule is CNC(=O)[C@H]1CC(O)CN1C(=O)C(C(C)C)n1cc(-c2ccco2)nn1. The van der Waals surface area contributed by atoms with E-state index in [-0.39, 0.29) is 30.7 Å². The van der Waals surface area contributed by atoms with Gasteiger partial charge in [0.05, 0.1) is 18.6 Å². The fourth-order valence-electron chi connectivity index (χ4n) is 3.30. The van der Waals surface area contributed by atoms with Gasteiger partial charge in [0, 0.05) is 20.0 Å². The van der Waals surface area contributed by atoms with Crippen LogP contribution in [0.1, 0.15) is 26.3 Å². The summed E-state index contributed by atoms with van der Waals surface area (Å²) in [6.07, 6.45) is 2.70. The number of rotatable bonds is 5. The topological polar surface area (TPSA) is 113 Å². The zero-order valence-electron chi connectivity index (χ0n) is 15.0. The normalized spacial score (nSPS) is 21.2. The quantitative estimate of drug-likeness (QED) is 0.799. The van der Waals surface area contributed by atoms with Crippen LogP contribution in [0.5, 0.6) is 0 Å². The molecule has 0 spiro atoms. The van der Waals surface area contributed by atoms with Crippen molar-refractivity contribution in [1.82, 2.24) is 25.2 Å². The number of β-amino-alcohol motifs (C(OH)–C–C–N with tert-alkyl or cyclic N) is 1.